The van der Waals surface area contributed by atoms with E-state index in [-0.39, 0.29) is 0 Å². The molecule has 0 aliphatic rings. The van der Waals surface area contributed by atoms with Crippen molar-refractivity contribution in [3.05, 3.63) is 0 Å². The van der Waals surface area contributed by atoms with Gasteiger partial charge < -0.3 is 5.11 Å². The van der Waals surface area contributed by atoms with E-state index in [1.165, 1.54) is 0 Å². The smallest absolute Gasteiger partial charge is 0.322 e. The largest absolute Gasteiger partial charge is 0.480 e. The maximum absolute atomic E-state index is 10.4. The number of aliphatic carboxylic acids is 1. The van der Waals surface area contributed by atoms with Gasteiger partial charge in [0.1, 0.15) is 6.04 Å². The van der Waals surface area contributed by atoms with Crippen LogP contribution in [0.4, 0.5) is 0 Å². The highest BCUT2D eigenvalue weighted by Crippen LogP contribution is 2.03. The molecule has 0 bridgehead atoms. The van der Waals surface area contributed by atoms with Crippen LogP contribution in [0.25, 0.3) is 0 Å². The van der Waals surface area contributed by atoms with Gasteiger partial charge in [-0.3, -0.25) is 10.6 Å². The summed E-state index contributed by atoms with van der Waals surface area (Å²) < 4.78 is 0. The minimum atomic E-state index is -0.885. The standard InChI is InChI=1S/C6H14N2O2S/c1-2-11-4-3-5(8-7)6(9)10/h5,8H,2-4,7H2,1H3,(H,9,10). The number of thioether (sulfide) groups is 1. The van der Waals surface area contributed by atoms with Gasteiger partial charge in [0.15, 0.2) is 0 Å². The molecule has 4 N–H and O–H groups in total. The van der Waals surface area contributed by atoms with Crippen molar-refractivity contribution in [2.45, 2.75) is 19.4 Å². The highest BCUT2D eigenvalue weighted by Gasteiger charge is 2.13. The van der Waals surface area contributed by atoms with Gasteiger partial charge in [0.2, 0.25) is 0 Å². The molecule has 0 aromatic carbocycles. The van der Waals surface area contributed by atoms with Crippen molar-refractivity contribution in [3.63, 3.8) is 0 Å². The lowest BCUT2D eigenvalue weighted by Crippen LogP contribution is -2.41. The lowest BCUT2D eigenvalue weighted by molar-refractivity contribution is -0.139. The topological polar surface area (TPSA) is 75.3 Å². The highest BCUT2D eigenvalue weighted by atomic mass is 32.2. The van der Waals surface area contributed by atoms with E-state index in [0.717, 1.165) is 11.5 Å². The summed E-state index contributed by atoms with van der Waals surface area (Å²) in [5.74, 6) is 5.97. The van der Waals surface area contributed by atoms with Gasteiger partial charge in [-0.15, -0.1) is 0 Å². The van der Waals surface area contributed by atoms with Crippen LogP contribution in [0.5, 0.6) is 0 Å². The summed E-state index contributed by atoms with van der Waals surface area (Å²) >= 11 is 1.71. The molecular weight excluding hydrogens is 164 g/mol. The molecule has 5 heteroatoms. The summed E-state index contributed by atoms with van der Waals surface area (Å²) in [6, 6.07) is -0.603. The van der Waals surface area contributed by atoms with Gasteiger partial charge in [-0.25, -0.2) is 5.43 Å². The molecule has 4 nitrogen and oxygen atoms in total. The van der Waals surface area contributed by atoms with Crippen molar-refractivity contribution in [1.82, 2.24) is 5.43 Å². The minimum absolute atomic E-state index is 0.574. The van der Waals surface area contributed by atoms with E-state index in [1.807, 2.05) is 6.92 Å². The summed E-state index contributed by atoms with van der Waals surface area (Å²) in [4.78, 5) is 10.4. The zero-order valence-corrected chi connectivity index (χ0v) is 7.36. The molecule has 0 fully saturated rings. The highest BCUT2D eigenvalue weighted by molar-refractivity contribution is 7.99. The van der Waals surface area contributed by atoms with Gasteiger partial charge in [-0.05, 0) is 17.9 Å². The van der Waals surface area contributed by atoms with Crippen LogP contribution >= 0.6 is 11.8 Å². The van der Waals surface area contributed by atoms with Crippen LogP contribution in [-0.4, -0.2) is 28.6 Å². The predicted octanol–water partition coefficient (Wildman–Crippen LogP) is 0.0461. The van der Waals surface area contributed by atoms with E-state index in [4.69, 9.17) is 10.9 Å². The van der Waals surface area contributed by atoms with Crippen LogP contribution in [0, 0.1) is 0 Å². The Morgan fingerprint density at radius 1 is 1.82 bits per heavy atom. The lowest BCUT2D eigenvalue weighted by Gasteiger charge is -2.08. The minimum Gasteiger partial charge on any atom is -0.480 e. The van der Waals surface area contributed by atoms with Crippen molar-refractivity contribution in [2.75, 3.05) is 11.5 Å². The third-order valence-electron chi connectivity index (χ3n) is 1.25. The normalized spacial score (nSPS) is 12.9. The number of hydrogen-bond acceptors (Lipinski definition) is 4. The van der Waals surface area contributed by atoms with Crippen LogP contribution < -0.4 is 11.3 Å². The van der Waals surface area contributed by atoms with Crippen molar-refractivity contribution in [2.24, 2.45) is 5.84 Å². The van der Waals surface area contributed by atoms with Gasteiger partial charge in [-0.2, -0.15) is 11.8 Å². The predicted molar refractivity (Wildman–Crippen MR) is 46.4 cm³/mol. The molecule has 11 heavy (non-hydrogen) atoms. The van der Waals surface area contributed by atoms with Gasteiger partial charge in [0, 0.05) is 0 Å². The number of nitrogens with one attached hydrogen (secondary N) is 1. The molecule has 0 aliphatic carbocycles. The molecule has 0 saturated heterocycles. The summed E-state index contributed by atoms with van der Waals surface area (Å²) in [5, 5.41) is 8.52. The average molecular weight is 178 g/mol. The Bertz CT molecular complexity index is 121. The Kier molecular flexibility index (Phi) is 6.30. The number of hydrogen-bond donors (Lipinski definition) is 3. The second-order valence-corrected chi connectivity index (χ2v) is 3.44. The number of hydrazine groups is 1. The molecule has 66 valence electrons. The fourth-order valence-corrected chi connectivity index (χ4v) is 1.31. The van der Waals surface area contributed by atoms with Crippen molar-refractivity contribution in [3.8, 4) is 0 Å². The van der Waals surface area contributed by atoms with E-state index in [1.54, 1.807) is 11.8 Å². The summed E-state index contributed by atoms with van der Waals surface area (Å²) in [5.41, 5.74) is 2.25. The summed E-state index contributed by atoms with van der Waals surface area (Å²) in [6.07, 6.45) is 0.574. The first-order chi connectivity index (χ1) is 5.22. The number of rotatable bonds is 6. The first kappa shape index (κ1) is 10.7. The van der Waals surface area contributed by atoms with Crippen LogP contribution in [0.2, 0.25) is 0 Å². The Balaban J connectivity index is 3.44. The Morgan fingerprint density at radius 2 is 2.45 bits per heavy atom. The summed E-state index contributed by atoms with van der Waals surface area (Å²) in [6.45, 7) is 2.04. The molecule has 0 saturated carbocycles. The van der Waals surface area contributed by atoms with Crippen molar-refractivity contribution >= 4 is 17.7 Å². The molecule has 0 amide bonds. The molecule has 0 spiro atoms. The number of carboxylic acids is 1. The second-order valence-electron chi connectivity index (χ2n) is 2.04. The molecule has 1 unspecified atom stereocenters. The Morgan fingerprint density at radius 3 is 2.82 bits per heavy atom. The molecular formula is C6H14N2O2S. The fourth-order valence-electron chi connectivity index (χ4n) is 0.624. The van der Waals surface area contributed by atoms with E-state index in [9.17, 15) is 4.79 Å². The summed E-state index contributed by atoms with van der Waals surface area (Å²) in [7, 11) is 0. The van der Waals surface area contributed by atoms with E-state index in [0.29, 0.717) is 6.42 Å². The number of carboxylic acid groups (broad SMARTS) is 1. The average Bonchev–Trinajstić information content (AvgIpc) is 1.97. The maximum Gasteiger partial charge on any atom is 0.322 e. The van der Waals surface area contributed by atoms with Crippen molar-refractivity contribution in [1.29, 1.82) is 0 Å². The van der Waals surface area contributed by atoms with Gasteiger partial charge in [0.25, 0.3) is 0 Å². The van der Waals surface area contributed by atoms with E-state index >= 15 is 0 Å². The van der Waals surface area contributed by atoms with Gasteiger partial charge in [0.05, 0.1) is 0 Å². The zero-order valence-electron chi connectivity index (χ0n) is 6.54. The molecule has 0 aromatic heterocycles. The van der Waals surface area contributed by atoms with Gasteiger partial charge in [-0.1, -0.05) is 6.92 Å². The first-order valence-electron chi connectivity index (χ1n) is 3.49. The third kappa shape index (κ3) is 5.06. The fraction of sp³-hybridized carbons (Fsp3) is 0.833. The molecule has 0 aromatic rings. The second kappa shape index (κ2) is 6.45. The molecule has 0 radical (unpaired) electrons. The molecule has 0 heterocycles. The monoisotopic (exact) mass is 178 g/mol. The van der Waals surface area contributed by atoms with Crippen LogP contribution in [0.1, 0.15) is 13.3 Å². The SMILES string of the molecule is CCSCCC(NN)C(=O)O. The zero-order chi connectivity index (χ0) is 8.69. The number of nitrogens with two attached hydrogens (primary N) is 1. The van der Waals surface area contributed by atoms with Crippen molar-refractivity contribution < 1.29 is 9.90 Å². The van der Waals surface area contributed by atoms with Gasteiger partial charge >= 0.3 is 5.97 Å². The van der Waals surface area contributed by atoms with E-state index in [2.05, 4.69) is 5.43 Å². The maximum atomic E-state index is 10.4. The molecule has 0 rings (SSSR count). The molecule has 0 aliphatic heterocycles. The quantitative estimate of drug-likeness (QED) is 0.304. The number of carbonyl (C=O) groups is 1. The molecule has 1 atom stereocenters. The third-order valence-corrected chi connectivity index (χ3v) is 2.19. The van der Waals surface area contributed by atoms with Crippen LogP contribution in [-0.2, 0) is 4.79 Å². The lowest BCUT2D eigenvalue weighted by atomic mass is 10.2. The van der Waals surface area contributed by atoms with Crippen LogP contribution in [0.3, 0.4) is 0 Å². The Labute approximate surface area is 70.5 Å². The Hall–Kier alpha value is -0.260. The van der Waals surface area contributed by atoms with E-state index < -0.39 is 12.0 Å². The first-order valence-corrected chi connectivity index (χ1v) is 4.64. The van der Waals surface area contributed by atoms with Crippen LogP contribution in [0.15, 0.2) is 0 Å².